The minimum Gasteiger partial charge on any atom is -0.507 e. The first-order valence-corrected chi connectivity index (χ1v) is 10.7. The molecule has 0 heterocycles. The molecule has 0 spiro atoms. The van der Waals surface area contributed by atoms with Crippen molar-refractivity contribution in [2.45, 2.75) is 52.4 Å². The van der Waals surface area contributed by atoms with Crippen LogP contribution in [0.5, 0.6) is 11.5 Å². The van der Waals surface area contributed by atoms with Crippen molar-refractivity contribution < 1.29 is 14.7 Å². The van der Waals surface area contributed by atoms with Crippen LogP contribution >= 0.6 is 31.4 Å². The Morgan fingerprint density at radius 1 is 0.741 bits per heavy atom. The Kier molecular flexibility index (Phi) is 6.44. The van der Waals surface area contributed by atoms with Gasteiger partial charge in [-0.3, -0.25) is 0 Å². The summed E-state index contributed by atoms with van der Waals surface area (Å²) in [5.74, 6) is 0.271. The molecule has 0 atom stereocenters. The molecule has 2 aromatic carbocycles. The van der Waals surface area contributed by atoms with Crippen molar-refractivity contribution in [2.75, 3.05) is 7.11 Å². The minimum absolute atomic E-state index is 0.136. The molecular formula is C21H27Cl2O3P. The average Bonchev–Trinajstić information content (AvgIpc) is 2.51. The molecule has 0 aliphatic carbocycles. The molecule has 0 bridgehead atoms. The van der Waals surface area contributed by atoms with E-state index in [9.17, 15) is 10.2 Å². The lowest BCUT2D eigenvalue weighted by atomic mass is 9.86. The Morgan fingerprint density at radius 3 is 1.33 bits per heavy atom. The second-order valence-electron chi connectivity index (χ2n) is 8.62. The second kappa shape index (κ2) is 7.79. The molecular weight excluding hydrogens is 402 g/mol. The van der Waals surface area contributed by atoms with Crippen molar-refractivity contribution in [3.63, 3.8) is 0 Å². The fourth-order valence-corrected chi connectivity index (χ4v) is 5.33. The number of benzene rings is 2. The summed E-state index contributed by atoms with van der Waals surface area (Å²) >= 11 is 12.7. The van der Waals surface area contributed by atoms with Crippen LogP contribution in [0.3, 0.4) is 0 Å². The maximum absolute atomic E-state index is 11.0. The van der Waals surface area contributed by atoms with Gasteiger partial charge >= 0.3 is 0 Å². The summed E-state index contributed by atoms with van der Waals surface area (Å²) in [5, 5.41) is 24.1. The van der Waals surface area contributed by atoms with Crippen molar-refractivity contribution in [2.24, 2.45) is 0 Å². The molecule has 0 saturated heterocycles. The summed E-state index contributed by atoms with van der Waals surface area (Å²) in [7, 11) is 0.0371. The van der Waals surface area contributed by atoms with Gasteiger partial charge in [-0.05, 0) is 35.1 Å². The molecule has 0 radical (unpaired) electrons. The zero-order valence-electron chi connectivity index (χ0n) is 16.8. The van der Waals surface area contributed by atoms with Crippen LogP contribution in [-0.2, 0) is 15.4 Å². The number of rotatable bonds is 3. The highest BCUT2D eigenvalue weighted by molar-refractivity contribution is 7.69. The van der Waals surface area contributed by atoms with E-state index in [1.807, 2.05) is 41.5 Å². The Labute approximate surface area is 173 Å². The topological polar surface area (TPSA) is 49.7 Å². The van der Waals surface area contributed by atoms with Crippen LogP contribution in [0.4, 0.5) is 0 Å². The van der Waals surface area contributed by atoms with E-state index in [-0.39, 0.29) is 22.3 Å². The van der Waals surface area contributed by atoms with E-state index in [0.717, 1.165) is 11.1 Å². The third-order valence-corrected chi connectivity index (χ3v) is 6.70. The number of phenols is 2. The Morgan fingerprint density at radius 2 is 1.07 bits per heavy atom. The van der Waals surface area contributed by atoms with Crippen molar-refractivity contribution in [1.29, 1.82) is 0 Å². The van der Waals surface area contributed by atoms with Crippen LogP contribution < -0.4 is 10.6 Å². The lowest BCUT2D eigenvalue weighted by Crippen LogP contribution is -2.21. The van der Waals surface area contributed by atoms with E-state index < -0.39 is 8.15 Å². The summed E-state index contributed by atoms with van der Waals surface area (Å²) in [6, 6.07) is 6.92. The molecule has 0 unspecified atom stereocenters. The second-order valence-corrected chi connectivity index (χ2v) is 11.4. The monoisotopic (exact) mass is 428 g/mol. The first-order valence-electron chi connectivity index (χ1n) is 8.67. The molecule has 0 saturated carbocycles. The number of hydrogen-bond donors (Lipinski definition) is 2. The Balaban J connectivity index is 2.77. The number of aromatic hydroxyl groups is 2. The predicted octanol–water partition coefficient (Wildman–Crippen LogP) is 5.99. The van der Waals surface area contributed by atoms with E-state index in [1.54, 1.807) is 31.4 Å². The highest BCUT2D eigenvalue weighted by Gasteiger charge is 2.30. The third kappa shape index (κ3) is 4.71. The smallest absolute Gasteiger partial charge is 0.129 e. The van der Waals surface area contributed by atoms with E-state index in [1.165, 1.54) is 0 Å². The summed E-state index contributed by atoms with van der Waals surface area (Å²) in [6.45, 7) is 12.0. The first-order chi connectivity index (χ1) is 12.3. The van der Waals surface area contributed by atoms with Crippen LogP contribution in [0, 0.1) is 0 Å². The zero-order valence-corrected chi connectivity index (χ0v) is 19.2. The van der Waals surface area contributed by atoms with Crippen molar-refractivity contribution in [3.05, 3.63) is 45.4 Å². The molecule has 0 aromatic heterocycles. The molecule has 3 nitrogen and oxygen atoms in total. The summed E-state index contributed by atoms with van der Waals surface area (Å²) in [5.41, 5.74) is 0.857. The predicted molar refractivity (Wildman–Crippen MR) is 117 cm³/mol. The van der Waals surface area contributed by atoms with Crippen molar-refractivity contribution in [3.8, 4) is 11.5 Å². The number of phenolic OH excluding ortho intramolecular Hbond substituents is 2. The third-order valence-electron chi connectivity index (χ3n) is 4.35. The molecule has 0 aliphatic heterocycles. The fourth-order valence-electron chi connectivity index (χ4n) is 2.95. The normalized spacial score (nSPS) is 12.7. The molecule has 2 aromatic rings. The maximum Gasteiger partial charge on any atom is 0.129 e. The minimum atomic E-state index is -1.52. The van der Waals surface area contributed by atoms with E-state index in [2.05, 4.69) is 0 Å². The molecule has 0 fully saturated rings. The highest BCUT2D eigenvalue weighted by Crippen LogP contribution is 2.46. The van der Waals surface area contributed by atoms with E-state index in [4.69, 9.17) is 27.7 Å². The van der Waals surface area contributed by atoms with Crippen LogP contribution in [0.1, 0.15) is 52.7 Å². The molecule has 27 heavy (non-hydrogen) atoms. The van der Waals surface area contributed by atoms with Crippen LogP contribution in [-0.4, -0.2) is 17.3 Å². The van der Waals surface area contributed by atoms with Gasteiger partial charge in [-0.1, -0.05) is 64.7 Å². The van der Waals surface area contributed by atoms with Gasteiger partial charge in [0.05, 0.1) is 18.8 Å². The summed E-state index contributed by atoms with van der Waals surface area (Å²) < 4.78 is 5.76. The molecule has 0 aliphatic rings. The van der Waals surface area contributed by atoms with E-state index in [0.29, 0.717) is 20.7 Å². The maximum atomic E-state index is 11.0. The van der Waals surface area contributed by atoms with Crippen molar-refractivity contribution in [1.82, 2.24) is 0 Å². The van der Waals surface area contributed by atoms with Crippen LogP contribution in [0.25, 0.3) is 0 Å². The van der Waals surface area contributed by atoms with Gasteiger partial charge in [0, 0.05) is 28.3 Å². The molecule has 6 heteroatoms. The highest BCUT2D eigenvalue weighted by atomic mass is 35.5. The van der Waals surface area contributed by atoms with Gasteiger partial charge in [0.25, 0.3) is 0 Å². The number of halogens is 2. The van der Waals surface area contributed by atoms with Gasteiger partial charge in [0.2, 0.25) is 0 Å². The van der Waals surface area contributed by atoms with Crippen LogP contribution in [0.2, 0.25) is 10.0 Å². The quantitative estimate of drug-likeness (QED) is 0.589. The zero-order chi connectivity index (χ0) is 20.7. The largest absolute Gasteiger partial charge is 0.507 e. The van der Waals surface area contributed by atoms with Gasteiger partial charge in [0.1, 0.15) is 11.5 Å². The van der Waals surface area contributed by atoms with Gasteiger partial charge in [-0.2, -0.15) is 0 Å². The summed E-state index contributed by atoms with van der Waals surface area (Å²) in [4.78, 5) is 0. The lowest BCUT2D eigenvalue weighted by Gasteiger charge is -2.27. The van der Waals surface area contributed by atoms with Crippen molar-refractivity contribution >= 4 is 42.0 Å². The first kappa shape index (κ1) is 22.3. The Bertz CT molecular complexity index is 782. The SMILES string of the molecule is COP(c1cc(Cl)cc(C(C)(C)C)c1O)c1cc(Cl)cc(C(C)(C)C)c1O. The summed E-state index contributed by atoms with van der Waals surface area (Å²) in [6.07, 6.45) is 0. The van der Waals surface area contributed by atoms with Gasteiger partial charge in [-0.25, -0.2) is 0 Å². The van der Waals surface area contributed by atoms with Gasteiger partial charge < -0.3 is 14.7 Å². The average molecular weight is 429 g/mol. The molecule has 2 N–H and O–H groups in total. The fraction of sp³-hybridized carbons (Fsp3) is 0.429. The van der Waals surface area contributed by atoms with E-state index >= 15 is 0 Å². The number of hydrogen-bond acceptors (Lipinski definition) is 3. The molecule has 0 amide bonds. The van der Waals surface area contributed by atoms with Crippen LogP contribution in [0.15, 0.2) is 24.3 Å². The molecule has 2 rings (SSSR count). The molecule has 148 valence electrons. The van der Waals surface area contributed by atoms with Gasteiger partial charge in [-0.15, -0.1) is 0 Å². The van der Waals surface area contributed by atoms with Gasteiger partial charge in [0.15, 0.2) is 0 Å². The standard InChI is InChI=1S/C21H27Cl2O3P/c1-20(2,3)14-8-12(22)10-16(18(14)24)27(26-7)17-11-13(23)9-15(19(17)25)21(4,5)6/h8-11,24-25H,1-7H3. The Hall–Kier alpha value is -0.990. The lowest BCUT2D eigenvalue weighted by molar-refractivity contribution is 0.442.